The van der Waals surface area contributed by atoms with Crippen molar-refractivity contribution < 1.29 is 4.79 Å². The van der Waals surface area contributed by atoms with Crippen LogP contribution < -0.4 is 5.32 Å². The molecule has 1 saturated carbocycles. The summed E-state index contributed by atoms with van der Waals surface area (Å²) in [4.78, 5) is 12.7. The minimum atomic E-state index is -0.0200. The third kappa shape index (κ3) is 6.54. The molecule has 0 atom stereocenters. The highest BCUT2D eigenvalue weighted by molar-refractivity contribution is 7.99. The van der Waals surface area contributed by atoms with Crippen molar-refractivity contribution in [1.82, 2.24) is 14.8 Å². The Morgan fingerprint density at radius 3 is 2.34 bits per heavy atom. The number of rotatable bonds is 9. The van der Waals surface area contributed by atoms with Gasteiger partial charge in [0.1, 0.15) is 0 Å². The molecule has 1 aromatic heterocycles. The Balaban J connectivity index is 1.46. The predicted molar refractivity (Wildman–Crippen MR) is 146 cm³/mol. The minimum Gasteiger partial charge on any atom is -0.325 e. The lowest BCUT2D eigenvalue weighted by atomic mass is 9.86. The van der Waals surface area contributed by atoms with Crippen LogP contribution in [0, 0.1) is 0 Å². The molecule has 35 heavy (non-hydrogen) atoms. The molecule has 0 unspecified atom stereocenters. The molecular weight excluding hydrogens is 452 g/mol. The predicted octanol–water partition coefficient (Wildman–Crippen LogP) is 7.43. The highest BCUT2D eigenvalue weighted by Crippen LogP contribution is 2.37. The third-order valence-electron chi connectivity index (χ3n) is 6.75. The molecule has 0 bridgehead atoms. The highest BCUT2D eigenvalue weighted by atomic mass is 32.2. The van der Waals surface area contributed by atoms with E-state index in [0.717, 1.165) is 41.5 Å². The fourth-order valence-corrected chi connectivity index (χ4v) is 5.45. The maximum absolute atomic E-state index is 12.7. The summed E-state index contributed by atoms with van der Waals surface area (Å²) < 4.78 is 2.28. The zero-order valence-corrected chi connectivity index (χ0v) is 22.3. The Morgan fingerprint density at radius 1 is 1.03 bits per heavy atom. The lowest BCUT2D eigenvalue weighted by Gasteiger charge is -2.20. The maximum atomic E-state index is 12.7. The number of aryl methyl sites for hydroxylation is 1. The summed E-state index contributed by atoms with van der Waals surface area (Å²) >= 11 is 1.48. The van der Waals surface area contributed by atoms with E-state index >= 15 is 0 Å². The summed E-state index contributed by atoms with van der Waals surface area (Å²) in [7, 11) is 0. The molecule has 2 aromatic carbocycles. The van der Waals surface area contributed by atoms with Crippen LogP contribution in [0.3, 0.4) is 0 Å². The van der Waals surface area contributed by atoms with Crippen LogP contribution in [0.4, 0.5) is 5.69 Å². The first-order valence-corrected chi connectivity index (χ1v) is 13.9. The number of amides is 1. The second-order valence-corrected chi connectivity index (χ2v) is 11.5. The fourth-order valence-electron chi connectivity index (χ4n) is 4.65. The third-order valence-corrected chi connectivity index (χ3v) is 7.70. The zero-order valence-electron chi connectivity index (χ0n) is 21.5. The lowest BCUT2D eigenvalue weighted by Crippen LogP contribution is -2.15. The molecule has 1 fully saturated rings. The number of thioether (sulfide) groups is 1. The van der Waals surface area contributed by atoms with Crippen LogP contribution in [-0.2, 0) is 16.6 Å². The summed E-state index contributed by atoms with van der Waals surface area (Å²) in [6.07, 6.45) is 8.18. The molecule has 4 rings (SSSR count). The number of aromatic nitrogens is 3. The van der Waals surface area contributed by atoms with Gasteiger partial charge in [-0.3, -0.25) is 9.36 Å². The average molecular weight is 491 g/mol. The average Bonchev–Trinajstić information content (AvgIpc) is 3.51. The monoisotopic (exact) mass is 490 g/mol. The van der Waals surface area contributed by atoms with Crippen LogP contribution in [0.25, 0.3) is 11.4 Å². The quantitative estimate of drug-likeness (QED) is 0.317. The van der Waals surface area contributed by atoms with E-state index in [1.54, 1.807) is 0 Å². The first kappa shape index (κ1) is 25.5. The molecule has 5 nitrogen and oxygen atoms in total. The van der Waals surface area contributed by atoms with Crippen molar-refractivity contribution in [2.24, 2.45) is 0 Å². The van der Waals surface area contributed by atoms with E-state index in [9.17, 15) is 4.79 Å². The van der Waals surface area contributed by atoms with E-state index in [2.05, 4.69) is 84.2 Å². The SMILES string of the molecule is CCCCc1ccc(NC(=O)CSc2nnc(-c3ccc(C(C)(C)C)cc3)n2C2CCCC2)cc1. The Hall–Kier alpha value is -2.60. The number of unbranched alkanes of at least 4 members (excludes halogenated alkanes) is 1. The Morgan fingerprint density at radius 2 is 1.71 bits per heavy atom. The topological polar surface area (TPSA) is 59.8 Å². The van der Waals surface area contributed by atoms with Crippen molar-refractivity contribution in [2.45, 2.75) is 89.3 Å². The molecule has 0 spiro atoms. The summed E-state index contributed by atoms with van der Waals surface area (Å²) in [5, 5.41) is 13.0. The van der Waals surface area contributed by atoms with Crippen molar-refractivity contribution in [3.63, 3.8) is 0 Å². The number of carbonyl (C=O) groups excluding carboxylic acids is 1. The number of hydrogen-bond donors (Lipinski definition) is 1. The summed E-state index contributed by atoms with van der Waals surface area (Å²) in [5.41, 5.74) is 4.65. The minimum absolute atomic E-state index is 0.0200. The van der Waals surface area contributed by atoms with Crippen molar-refractivity contribution in [2.75, 3.05) is 11.1 Å². The van der Waals surface area contributed by atoms with Crippen molar-refractivity contribution in [3.05, 3.63) is 59.7 Å². The molecule has 1 amide bonds. The molecule has 1 N–H and O–H groups in total. The van der Waals surface area contributed by atoms with E-state index in [1.807, 2.05) is 12.1 Å². The molecule has 186 valence electrons. The summed E-state index contributed by atoms with van der Waals surface area (Å²) in [6.45, 7) is 8.88. The van der Waals surface area contributed by atoms with Gasteiger partial charge in [0.25, 0.3) is 0 Å². The molecule has 6 heteroatoms. The first-order valence-electron chi connectivity index (χ1n) is 12.9. The van der Waals surface area contributed by atoms with Gasteiger partial charge in [-0.1, -0.05) is 95.1 Å². The van der Waals surface area contributed by atoms with E-state index in [1.165, 1.54) is 48.6 Å². The summed E-state index contributed by atoms with van der Waals surface area (Å²) in [6, 6.07) is 17.3. The Kier molecular flexibility index (Phi) is 8.32. The van der Waals surface area contributed by atoms with Crippen molar-refractivity contribution in [3.8, 4) is 11.4 Å². The van der Waals surface area contributed by atoms with Gasteiger partial charge in [0, 0.05) is 17.3 Å². The van der Waals surface area contributed by atoms with E-state index in [-0.39, 0.29) is 11.3 Å². The number of hydrogen-bond acceptors (Lipinski definition) is 4. The van der Waals surface area contributed by atoms with Gasteiger partial charge in [0.05, 0.1) is 5.75 Å². The second kappa shape index (κ2) is 11.4. The van der Waals surface area contributed by atoms with E-state index < -0.39 is 0 Å². The smallest absolute Gasteiger partial charge is 0.234 e. The van der Waals surface area contributed by atoms with Crippen LogP contribution in [0.1, 0.15) is 83.4 Å². The molecule has 3 aromatic rings. The van der Waals surface area contributed by atoms with Crippen molar-refractivity contribution >= 4 is 23.4 Å². The number of benzene rings is 2. The number of nitrogens with zero attached hydrogens (tertiary/aromatic N) is 3. The molecule has 0 aliphatic heterocycles. The zero-order chi connectivity index (χ0) is 24.8. The van der Waals surface area contributed by atoms with Gasteiger partial charge in [-0.05, 0) is 54.4 Å². The standard InChI is InChI=1S/C29H38N4OS/c1-5-6-9-21-12-18-24(19-13-21)30-26(34)20-35-28-32-31-27(33(28)25-10-7-8-11-25)22-14-16-23(17-15-22)29(2,3)4/h12-19,25H,5-11,20H2,1-4H3,(H,30,34). The van der Waals surface area contributed by atoms with Gasteiger partial charge in [-0.15, -0.1) is 10.2 Å². The fraction of sp³-hybridized carbons (Fsp3) is 0.483. The number of nitrogens with one attached hydrogen (secondary N) is 1. The normalized spacial score (nSPS) is 14.4. The molecule has 0 radical (unpaired) electrons. The van der Waals surface area contributed by atoms with Crippen LogP contribution in [-0.4, -0.2) is 26.4 Å². The molecular formula is C29H38N4OS. The van der Waals surface area contributed by atoms with Gasteiger partial charge >= 0.3 is 0 Å². The van der Waals surface area contributed by atoms with E-state index in [4.69, 9.17) is 0 Å². The van der Waals surface area contributed by atoms with Crippen LogP contribution in [0.2, 0.25) is 0 Å². The van der Waals surface area contributed by atoms with Crippen molar-refractivity contribution in [1.29, 1.82) is 0 Å². The van der Waals surface area contributed by atoms with Gasteiger partial charge < -0.3 is 5.32 Å². The van der Waals surface area contributed by atoms with Gasteiger partial charge in [0.15, 0.2) is 11.0 Å². The number of carbonyl (C=O) groups is 1. The van der Waals surface area contributed by atoms with E-state index in [0.29, 0.717) is 11.8 Å². The lowest BCUT2D eigenvalue weighted by molar-refractivity contribution is -0.113. The Bertz CT molecular complexity index is 1110. The molecule has 1 aliphatic rings. The number of anilines is 1. The Labute approximate surface area is 214 Å². The highest BCUT2D eigenvalue weighted by Gasteiger charge is 2.25. The first-order chi connectivity index (χ1) is 16.8. The van der Waals surface area contributed by atoms with Crippen LogP contribution in [0.5, 0.6) is 0 Å². The maximum Gasteiger partial charge on any atom is 0.234 e. The van der Waals surface area contributed by atoms with Crippen LogP contribution in [0.15, 0.2) is 53.7 Å². The summed E-state index contributed by atoms with van der Waals surface area (Å²) in [5.74, 6) is 1.20. The second-order valence-electron chi connectivity index (χ2n) is 10.6. The largest absolute Gasteiger partial charge is 0.325 e. The van der Waals surface area contributed by atoms with Gasteiger partial charge in [0.2, 0.25) is 5.91 Å². The molecule has 1 heterocycles. The van der Waals surface area contributed by atoms with Crippen LogP contribution >= 0.6 is 11.8 Å². The molecule has 1 aliphatic carbocycles. The van der Waals surface area contributed by atoms with Gasteiger partial charge in [-0.25, -0.2) is 0 Å². The molecule has 0 saturated heterocycles. The van der Waals surface area contributed by atoms with Gasteiger partial charge in [-0.2, -0.15) is 0 Å².